The van der Waals surface area contributed by atoms with Gasteiger partial charge >= 0.3 is 0 Å². The Kier molecular flexibility index (Phi) is 3.20. The van der Waals surface area contributed by atoms with E-state index in [1.54, 1.807) is 12.1 Å². The Morgan fingerprint density at radius 2 is 1.83 bits per heavy atom. The van der Waals surface area contributed by atoms with Crippen LogP contribution in [0.3, 0.4) is 0 Å². The lowest BCUT2D eigenvalue weighted by Gasteiger charge is -2.08. The molecule has 0 bridgehead atoms. The van der Waals surface area contributed by atoms with Crippen LogP contribution in [0.25, 0.3) is 0 Å². The first-order valence-corrected chi connectivity index (χ1v) is 6.77. The lowest BCUT2D eigenvalue weighted by Crippen LogP contribution is -2.13. The number of pyridine rings is 1. The first-order chi connectivity index (χ1) is 8.47. The van der Waals surface area contributed by atoms with Crippen LogP contribution in [-0.4, -0.2) is 13.4 Å². The van der Waals surface area contributed by atoms with Crippen LogP contribution in [0.5, 0.6) is 0 Å². The van der Waals surface area contributed by atoms with Gasteiger partial charge in [0, 0.05) is 18.0 Å². The summed E-state index contributed by atoms with van der Waals surface area (Å²) in [5, 5.41) is 0. The number of sulfonamides is 1. The third-order valence-corrected chi connectivity index (χ3v) is 3.75. The number of rotatable bonds is 3. The van der Waals surface area contributed by atoms with Crippen molar-refractivity contribution in [1.82, 2.24) is 4.98 Å². The summed E-state index contributed by atoms with van der Waals surface area (Å²) in [4.78, 5) is 3.85. The molecular formula is C12H13N3O2S. The molecule has 0 saturated heterocycles. The highest BCUT2D eigenvalue weighted by Gasteiger charge is 2.14. The summed E-state index contributed by atoms with van der Waals surface area (Å²) >= 11 is 0. The van der Waals surface area contributed by atoms with E-state index in [1.807, 2.05) is 19.1 Å². The molecule has 3 N–H and O–H groups in total. The number of hydrogen-bond acceptors (Lipinski definition) is 4. The molecule has 6 heteroatoms. The standard InChI is InChI=1S/C12H13N3O2S/c1-9-2-4-10(5-3-9)15-18(16,17)11-6-7-14-12(13)8-11/h2-8,15H,1H3,(H2,13,14). The Hall–Kier alpha value is -2.08. The summed E-state index contributed by atoms with van der Waals surface area (Å²) in [6, 6.07) is 9.79. The van der Waals surface area contributed by atoms with Gasteiger partial charge in [-0.1, -0.05) is 17.7 Å². The Morgan fingerprint density at radius 1 is 1.17 bits per heavy atom. The maximum Gasteiger partial charge on any atom is 0.262 e. The van der Waals surface area contributed by atoms with Crippen molar-refractivity contribution in [2.24, 2.45) is 0 Å². The lowest BCUT2D eigenvalue weighted by atomic mass is 10.2. The van der Waals surface area contributed by atoms with Crippen molar-refractivity contribution >= 4 is 21.5 Å². The number of nitrogens with zero attached hydrogens (tertiary/aromatic N) is 1. The molecule has 1 heterocycles. The molecule has 0 amide bonds. The number of hydrogen-bond donors (Lipinski definition) is 2. The molecule has 0 unspecified atom stereocenters. The molecule has 18 heavy (non-hydrogen) atoms. The second-order valence-corrected chi connectivity index (χ2v) is 5.57. The van der Waals surface area contributed by atoms with Gasteiger partial charge in [0.15, 0.2) is 0 Å². The zero-order valence-corrected chi connectivity index (χ0v) is 10.6. The second-order valence-electron chi connectivity index (χ2n) is 3.89. The molecule has 0 aliphatic carbocycles. The average Bonchev–Trinajstić information content (AvgIpc) is 2.32. The molecule has 2 rings (SSSR count). The molecule has 94 valence electrons. The van der Waals surface area contributed by atoms with Crippen LogP contribution in [0, 0.1) is 6.92 Å². The third kappa shape index (κ3) is 2.78. The second kappa shape index (κ2) is 4.66. The number of nitrogen functional groups attached to an aromatic ring is 1. The molecule has 2 aromatic rings. The monoisotopic (exact) mass is 263 g/mol. The predicted octanol–water partition coefficient (Wildman–Crippen LogP) is 1.77. The normalized spacial score (nSPS) is 11.2. The van der Waals surface area contributed by atoms with Crippen LogP contribution in [0.15, 0.2) is 47.5 Å². The van der Waals surface area contributed by atoms with Crippen LogP contribution in [0.4, 0.5) is 11.5 Å². The van der Waals surface area contributed by atoms with E-state index in [2.05, 4.69) is 9.71 Å². The summed E-state index contributed by atoms with van der Waals surface area (Å²) in [5.74, 6) is 0.168. The van der Waals surface area contributed by atoms with Gasteiger partial charge in [-0.3, -0.25) is 4.72 Å². The lowest BCUT2D eigenvalue weighted by molar-refractivity contribution is 0.601. The number of nitrogens with one attached hydrogen (secondary N) is 1. The molecule has 5 nitrogen and oxygen atoms in total. The molecular weight excluding hydrogens is 250 g/mol. The summed E-state index contributed by atoms with van der Waals surface area (Å²) in [7, 11) is -3.62. The van der Waals surface area contributed by atoms with Crippen molar-refractivity contribution in [3.05, 3.63) is 48.2 Å². The van der Waals surface area contributed by atoms with Gasteiger partial charge in [0.05, 0.1) is 4.90 Å². The van der Waals surface area contributed by atoms with E-state index in [9.17, 15) is 8.42 Å². The highest BCUT2D eigenvalue weighted by Crippen LogP contribution is 2.17. The van der Waals surface area contributed by atoms with Gasteiger partial charge in [-0.2, -0.15) is 0 Å². The number of benzene rings is 1. The first-order valence-electron chi connectivity index (χ1n) is 5.28. The highest BCUT2D eigenvalue weighted by molar-refractivity contribution is 7.92. The van der Waals surface area contributed by atoms with E-state index in [-0.39, 0.29) is 10.7 Å². The molecule has 0 spiro atoms. The fourth-order valence-corrected chi connectivity index (χ4v) is 2.51. The minimum Gasteiger partial charge on any atom is -0.384 e. The van der Waals surface area contributed by atoms with Crippen LogP contribution < -0.4 is 10.5 Å². The maximum atomic E-state index is 12.0. The number of aromatic nitrogens is 1. The van der Waals surface area contributed by atoms with E-state index < -0.39 is 10.0 Å². The molecule has 0 radical (unpaired) electrons. The third-order valence-electron chi connectivity index (χ3n) is 2.37. The van der Waals surface area contributed by atoms with Crippen molar-refractivity contribution in [2.45, 2.75) is 11.8 Å². The van der Waals surface area contributed by atoms with Crippen molar-refractivity contribution in [3.8, 4) is 0 Å². The largest absolute Gasteiger partial charge is 0.384 e. The molecule has 0 fully saturated rings. The van der Waals surface area contributed by atoms with Gasteiger partial charge in [0.1, 0.15) is 5.82 Å². The maximum absolute atomic E-state index is 12.0. The van der Waals surface area contributed by atoms with Crippen molar-refractivity contribution in [2.75, 3.05) is 10.5 Å². The summed E-state index contributed by atoms with van der Waals surface area (Å²) in [5.41, 5.74) is 7.04. The zero-order chi connectivity index (χ0) is 13.2. The predicted molar refractivity (Wildman–Crippen MR) is 70.6 cm³/mol. The van der Waals surface area contributed by atoms with Gasteiger partial charge in [-0.25, -0.2) is 13.4 Å². The minimum absolute atomic E-state index is 0.0931. The average molecular weight is 263 g/mol. The highest BCUT2D eigenvalue weighted by atomic mass is 32.2. The SMILES string of the molecule is Cc1ccc(NS(=O)(=O)c2ccnc(N)c2)cc1. The Bertz CT molecular complexity index is 651. The number of anilines is 2. The van der Waals surface area contributed by atoms with Crippen molar-refractivity contribution in [3.63, 3.8) is 0 Å². The molecule has 0 aliphatic heterocycles. The summed E-state index contributed by atoms with van der Waals surface area (Å²) in [6.45, 7) is 1.93. The number of nitrogens with two attached hydrogens (primary N) is 1. The molecule has 1 aromatic carbocycles. The van der Waals surface area contributed by atoms with Gasteiger partial charge in [0.25, 0.3) is 10.0 Å². The van der Waals surface area contributed by atoms with Crippen molar-refractivity contribution in [1.29, 1.82) is 0 Å². The van der Waals surface area contributed by atoms with Gasteiger partial charge in [-0.05, 0) is 25.1 Å². The van der Waals surface area contributed by atoms with Crippen LogP contribution in [0.1, 0.15) is 5.56 Å². The fourth-order valence-electron chi connectivity index (χ4n) is 1.43. The van der Waals surface area contributed by atoms with E-state index in [0.717, 1.165) is 5.56 Å². The Balaban J connectivity index is 2.30. The molecule has 0 atom stereocenters. The topological polar surface area (TPSA) is 85.1 Å². The zero-order valence-electron chi connectivity index (χ0n) is 9.79. The van der Waals surface area contributed by atoms with E-state index in [4.69, 9.17) is 5.73 Å². The van der Waals surface area contributed by atoms with E-state index in [0.29, 0.717) is 5.69 Å². The first kappa shape index (κ1) is 12.4. The fraction of sp³-hybridized carbons (Fsp3) is 0.0833. The van der Waals surface area contributed by atoms with Crippen LogP contribution in [0.2, 0.25) is 0 Å². The number of aryl methyl sites for hydroxylation is 1. The summed E-state index contributed by atoms with van der Waals surface area (Å²) < 4.78 is 26.6. The van der Waals surface area contributed by atoms with E-state index in [1.165, 1.54) is 18.3 Å². The summed E-state index contributed by atoms with van der Waals surface area (Å²) in [6.07, 6.45) is 1.36. The smallest absolute Gasteiger partial charge is 0.262 e. The molecule has 1 aromatic heterocycles. The van der Waals surface area contributed by atoms with Gasteiger partial charge in [0.2, 0.25) is 0 Å². The minimum atomic E-state index is -3.62. The Labute approximate surface area is 106 Å². The quantitative estimate of drug-likeness (QED) is 0.883. The molecule has 0 saturated carbocycles. The van der Waals surface area contributed by atoms with Gasteiger partial charge < -0.3 is 5.73 Å². The molecule has 0 aliphatic rings. The van der Waals surface area contributed by atoms with Crippen LogP contribution in [-0.2, 0) is 10.0 Å². The Morgan fingerprint density at radius 3 is 2.44 bits per heavy atom. The van der Waals surface area contributed by atoms with Crippen LogP contribution >= 0.6 is 0 Å². The van der Waals surface area contributed by atoms with Crippen molar-refractivity contribution < 1.29 is 8.42 Å². The van der Waals surface area contributed by atoms with Gasteiger partial charge in [-0.15, -0.1) is 0 Å². The van der Waals surface area contributed by atoms with E-state index >= 15 is 0 Å².